The van der Waals surface area contributed by atoms with Crippen molar-refractivity contribution >= 4 is 12.4 Å². The number of hydrogen-bond acceptors (Lipinski definition) is 3. The first-order valence-corrected chi connectivity index (χ1v) is 6.60. The number of carbonyl (C=O) groups excluding carboxylic acids is 1. The van der Waals surface area contributed by atoms with Gasteiger partial charge in [0.1, 0.15) is 6.29 Å². The molecule has 0 aliphatic heterocycles. The van der Waals surface area contributed by atoms with Gasteiger partial charge in [0.15, 0.2) is 11.5 Å². The third-order valence-electron chi connectivity index (χ3n) is 2.79. The van der Waals surface area contributed by atoms with E-state index in [0.29, 0.717) is 12.4 Å². The molecule has 1 aromatic carbocycles. The van der Waals surface area contributed by atoms with Gasteiger partial charge in [-0.05, 0) is 41.7 Å². The van der Waals surface area contributed by atoms with E-state index in [1.165, 1.54) is 0 Å². The van der Waals surface area contributed by atoms with Crippen molar-refractivity contribution in [3.8, 4) is 11.5 Å². The number of carbonyl (C=O) groups is 1. The van der Waals surface area contributed by atoms with E-state index in [1.54, 1.807) is 7.11 Å². The normalized spacial score (nSPS) is 11.5. The second-order valence-corrected chi connectivity index (χ2v) is 4.68. The van der Waals surface area contributed by atoms with E-state index in [9.17, 15) is 4.79 Å². The van der Waals surface area contributed by atoms with Crippen LogP contribution in [0.25, 0.3) is 6.08 Å². The van der Waals surface area contributed by atoms with Crippen LogP contribution in [-0.2, 0) is 4.79 Å². The second-order valence-electron chi connectivity index (χ2n) is 4.68. The fourth-order valence-electron chi connectivity index (χ4n) is 1.63. The van der Waals surface area contributed by atoms with Crippen LogP contribution in [0, 0.1) is 5.92 Å². The zero-order chi connectivity index (χ0) is 14.3. The molecule has 0 saturated heterocycles. The molecule has 0 spiro atoms. The van der Waals surface area contributed by atoms with Crippen LogP contribution in [0.5, 0.6) is 11.5 Å². The summed E-state index contributed by atoms with van der Waals surface area (Å²) >= 11 is 0. The van der Waals surface area contributed by atoms with E-state index >= 15 is 0 Å². The highest BCUT2D eigenvalue weighted by molar-refractivity contribution is 5.82. The smallest absolute Gasteiger partial charge is 0.161 e. The first-order chi connectivity index (χ1) is 9.12. The monoisotopic (exact) mass is 262 g/mol. The first-order valence-electron chi connectivity index (χ1n) is 6.60. The molecule has 0 unspecified atom stereocenters. The number of rotatable bonds is 7. The molecule has 0 saturated carbocycles. The van der Waals surface area contributed by atoms with Crippen LogP contribution in [0.15, 0.2) is 23.8 Å². The summed E-state index contributed by atoms with van der Waals surface area (Å²) in [6.07, 6.45) is 3.73. The zero-order valence-corrected chi connectivity index (χ0v) is 12.1. The fourth-order valence-corrected chi connectivity index (χ4v) is 1.63. The summed E-state index contributed by atoms with van der Waals surface area (Å²) in [6.45, 7) is 6.71. The molecule has 19 heavy (non-hydrogen) atoms. The van der Waals surface area contributed by atoms with Gasteiger partial charge in [0.2, 0.25) is 0 Å². The minimum Gasteiger partial charge on any atom is -0.493 e. The molecule has 0 N–H and O–H groups in total. The van der Waals surface area contributed by atoms with E-state index in [-0.39, 0.29) is 5.92 Å². The lowest BCUT2D eigenvalue weighted by atomic mass is 10.0. The summed E-state index contributed by atoms with van der Waals surface area (Å²) in [4.78, 5) is 11.0. The third kappa shape index (κ3) is 4.43. The molecule has 0 bridgehead atoms. The highest BCUT2D eigenvalue weighted by Gasteiger charge is 2.06. The minimum atomic E-state index is 0.208. The Bertz CT molecular complexity index is 447. The van der Waals surface area contributed by atoms with Crippen LogP contribution in [0.3, 0.4) is 0 Å². The highest BCUT2D eigenvalue weighted by atomic mass is 16.5. The summed E-state index contributed by atoms with van der Waals surface area (Å²) in [7, 11) is 1.62. The fraction of sp³-hybridized carbons (Fsp3) is 0.438. The van der Waals surface area contributed by atoms with E-state index in [1.807, 2.05) is 38.1 Å². The van der Waals surface area contributed by atoms with Crippen LogP contribution in [0.4, 0.5) is 0 Å². The standard InChI is InChI=1S/C16H22O3/c1-5-8-19-15-7-6-13(10-16(15)18-4)9-14(11-17)12(2)3/h6-7,9-12H,5,8H2,1-4H3. The van der Waals surface area contributed by atoms with Gasteiger partial charge in [0, 0.05) is 0 Å². The van der Waals surface area contributed by atoms with Gasteiger partial charge < -0.3 is 9.47 Å². The van der Waals surface area contributed by atoms with Gasteiger partial charge in [-0.2, -0.15) is 0 Å². The maximum Gasteiger partial charge on any atom is 0.161 e. The number of allylic oxidation sites excluding steroid dienone is 1. The van der Waals surface area contributed by atoms with Crippen molar-refractivity contribution in [2.45, 2.75) is 27.2 Å². The molecule has 0 aliphatic rings. The maximum absolute atomic E-state index is 11.0. The van der Waals surface area contributed by atoms with E-state index < -0.39 is 0 Å². The Labute approximate surface area is 115 Å². The number of ether oxygens (including phenoxy) is 2. The Kier molecular flexibility index (Phi) is 6.13. The van der Waals surface area contributed by atoms with Crippen molar-refractivity contribution in [3.63, 3.8) is 0 Å². The van der Waals surface area contributed by atoms with Crippen molar-refractivity contribution in [1.82, 2.24) is 0 Å². The number of aldehydes is 1. The van der Waals surface area contributed by atoms with Crippen LogP contribution in [0.1, 0.15) is 32.8 Å². The van der Waals surface area contributed by atoms with Crippen LogP contribution in [0.2, 0.25) is 0 Å². The van der Waals surface area contributed by atoms with Gasteiger partial charge in [-0.1, -0.05) is 26.8 Å². The zero-order valence-electron chi connectivity index (χ0n) is 12.1. The lowest BCUT2D eigenvalue weighted by Gasteiger charge is -2.11. The predicted octanol–water partition coefficient (Wildman–Crippen LogP) is 3.72. The van der Waals surface area contributed by atoms with E-state index in [0.717, 1.165) is 29.6 Å². The quantitative estimate of drug-likeness (QED) is 0.555. The summed E-state index contributed by atoms with van der Waals surface area (Å²) in [5.74, 6) is 1.63. The van der Waals surface area contributed by atoms with Gasteiger partial charge in [-0.15, -0.1) is 0 Å². The van der Waals surface area contributed by atoms with Crippen molar-refractivity contribution in [2.75, 3.05) is 13.7 Å². The largest absolute Gasteiger partial charge is 0.493 e. The molecule has 0 fully saturated rings. The second kappa shape index (κ2) is 7.62. The summed E-state index contributed by atoms with van der Waals surface area (Å²) in [5, 5.41) is 0. The summed E-state index contributed by atoms with van der Waals surface area (Å²) in [5.41, 5.74) is 1.71. The van der Waals surface area contributed by atoms with E-state index in [2.05, 4.69) is 6.92 Å². The van der Waals surface area contributed by atoms with Crippen LogP contribution >= 0.6 is 0 Å². The summed E-state index contributed by atoms with van der Waals surface area (Å²) in [6, 6.07) is 5.69. The molecule has 0 radical (unpaired) electrons. The molecule has 0 aromatic heterocycles. The average molecular weight is 262 g/mol. The molecule has 1 rings (SSSR count). The molecule has 3 nitrogen and oxygen atoms in total. The SMILES string of the molecule is CCCOc1ccc(C=C(C=O)C(C)C)cc1OC. The number of hydrogen-bond donors (Lipinski definition) is 0. The topological polar surface area (TPSA) is 35.5 Å². The molecule has 1 aromatic rings. The molecule has 0 aliphatic carbocycles. The highest BCUT2D eigenvalue weighted by Crippen LogP contribution is 2.29. The number of methoxy groups -OCH3 is 1. The first kappa shape index (κ1) is 15.3. The van der Waals surface area contributed by atoms with Gasteiger partial charge >= 0.3 is 0 Å². The number of benzene rings is 1. The third-order valence-corrected chi connectivity index (χ3v) is 2.79. The molecule has 3 heteroatoms. The van der Waals surface area contributed by atoms with Crippen LogP contribution in [-0.4, -0.2) is 20.0 Å². The van der Waals surface area contributed by atoms with Crippen molar-refractivity contribution < 1.29 is 14.3 Å². The molecular formula is C16H22O3. The molecule has 0 amide bonds. The van der Waals surface area contributed by atoms with Gasteiger partial charge in [0.05, 0.1) is 13.7 Å². The molecule has 104 valence electrons. The molecule has 0 heterocycles. The Hall–Kier alpha value is -1.77. The predicted molar refractivity (Wildman–Crippen MR) is 77.7 cm³/mol. The van der Waals surface area contributed by atoms with Crippen molar-refractivity contribution in [3.05, 3.63) is 29.3 Å². The van der Waals surface area contributed by atoms with Gasteiger partial charge in [-0.25, -0.2) is 0 Å². The Balaban J connectivity index is 3.02. The Morgan fingerprint density at radius 2 is 2.05 bits per heavy atom. The lowest BCUT2D eigenvalue weighted by Crippen LogP contribution is -1.98. The van der Waals surface area contributed by atoms with E-state index in [4.69, 9.17) is 9.47 Å². The lowest BCUT2D eigenvalue weighted by molar-refractivity contribution is -0.105. The van der Waals surface area contributed by atoms with Gasteiger partial charge in [0.25, 0.3) is 0 Å². The van der Waals surface area contributed by atoms with Gasteiger partial charge in [-0.3, -0.25) is 4.79 Å². The Morgan fingerprint density at radius 1 is 1.32 bits per heavy atom. The average Bonchev–Trinajstić information content (AvgIpc) is 2.42. The van der Waals surface area contributed by atoms with Crippen LogP contribution < -0.4 is 9.47 Å². The minimum absolute atomic E-state index is 0.208. The maximum atomic E-state index is 11.0. The van der Waals surface area contributed by atoms with Crippen molar-refractivity contribution in [2.24, 2.45) is 5.92 Å². The molecular weight excluding hydrogens is 240 g/mol. The summed E-state index contributed by atoms with van der Waals surface area (Å²) < 4.78 is 10.9. The molecule has 0 atom stereocenters. The Morgan fingerprint density at radius 3 is 2.58 bits per heavy atom. The van der Waals surface area contributed by atoms with Crippen molar-refractivity contribution in [1.29, 1.82) is 0 Å².